The Balaban J connectivity index is -0.0000000800. The Hall–Kier alpha value is 0.589. The summed E-state index contributed by atoms with van der Waals surface area (Å²) in [4.78, 5) is 21.6. The van der Waals surface area contributed by atoms with Crippen LogP contribution in [0.2, 0.25) is 0 Å². The molecule has 0 amide bonds. The van der Waals surface area contributed by atoms with Gasteiger partial charge in [-0.2, -0.15) is 0 Å². The minimum Gasteiger partial charge on any atom is -0.870 e. The van der Waals surface area contributed by atoms with Crippen LogP contribution in [0.25, 0.3) is 0 Å². The normalized spacial score (nSPS) is 8.43. The number of phosphoric acid groups is 1. The average molecular weight is 179 g/mol. The molecule has 0 atom stereocenters. The Morgan fingerprint density at radius 2 is 1.14 bits per heavy atom. The molecule has 0 aliphatic carbocycles. The van der Waals surface area contributed by atoms with Crippen LogP contribution in [0, 0.1) is 0 Å². The first-order chi connectivity index (χ1) is 2.00. The van der Waals surface area contributed by atoms with Crippen molar-refractivity contribution in [3.8, 4) is 0 Å². The fourth-order valence-corrected chi connectivity index (χ4v) is 0. The van der Waals surface area contributed by atoms with Crippen LogP contribution < -0.4 is 0 Å². The molecule has 0 aliphatic heterocycles. The van der Waals surface area contributed by atoms with E-state index in [0.29, 0.717) is 0 Å². The molecule has 0 spiro atoms. The molecule has 0 fully saturated rings. The third-order valence-electron chi connectivity index (χ3n) is 0. The number of rotatable bonds is 0. The first kappa shape index (κ1) is 15.6. The molecule has 0 aromatic heterocycles. The molecule has 7 heavy (non-hydrogen) atoms. The maximum atomic E-state index is 8.88. The molecule has 4 N–H and O–H groups in total. The maximum absolute atomic E-state index is 8.88. The van der Waals surface area contributed by atoms with E-state index < -0.39 is 7.82 Å². The van der Waals surface area contributed by atoms with Crippen molar-refractivity contribution in [1.82, 2.24) is 0 Å². The van der Waals surface area contributed by atoms with Gasteiger partial charge in [-0.3, -0.25) is 0 Å². The summed E-state index contributed by atoms with van der Waals surface area (Å²) in [7, 11) is -4.64. The van der Waals surface area contributed by atoms with Gasteiger partial charge in [0.15, 0.2) is 0 Å². The summed E-state index contributed by atoms with van der Waals surface area (Å²) < 4.78 is 8.88. The van der Waals surface area contributed by atoms with Crippen molar-refractivity contribution in [3.63, 3.8) is 0 Å². The predicted octanol–water partition coefficient (Wildman–Crippen LogP) is -1.11. The zero-order chi connectivity index (χ0) is 4.50. The van der Waals surface area contributed by atoms with E-state index in [1.54, 1.807) is 0 Å². The Morgan fingerprint density at radius 3 is 1.14 bits per heavy atom. The first-order valence-corrected chi connectivity index (χ1v) is 2.35. The van der Waals surface area contributed by atoms with Crippen LogP contribution in [-0.2, 0) is 21.6 Å². The van der Waals surface area contributed by atoms with Crippen molar-refractivity contribution in [2.45, 2.75) is 0 Å². The van der Waals surface area contributed by atoms with Crippen molar-refractivity contribution in [3.05, 3.63) is 0 Å². The molecule has 5 nitrogen and oxygen atoms in total. The fraction of sp³-hybridized carbons (Fsp3) is 0. The third kappa shape index (κ3) is 399. The number of hydrogen-bond acceptors (Lipinski definition) is 2. The van der Waals surface area contributed by atoms with E-state index in [-0.39, 0.29) is 22.5 Å². The van der Waals surface area contributed by atoms with Crippen LogP contribution in [0.15, 0.2) is 0 Å². The van der Waals surface area contributed by atoms with Gasteiger partial charge in [-0.1, -0.05) is 0 Å². The molecule has 50 valence electrons. The van der Waals surface area contributed by atoms with Crippen LogP contribution >= 0.6 is 7.82 Å². The van der Waals surface area contributed by atoms with Gasteiger partial charge in [0, 0.05) is 0 Å². The first-order valence-electron chi connectivity index (χ1n) is 0.783. The van der Waals surface area contributed by atoms with Crippen molar-refractivity contribution < 1.29 is 41.8 Å². The second kappa shape index (κ2) is 4.74. The van der Waals surface area contributed by atoms with E-state index in [2.05, 4.69) is 0 Å². The van der Waals surface area contributed by atoms with Crippen molar-refractivity contribution in [2.75, 3.05) is 0 Å². The minimum atomic E-state index is -4.64. The molecule has 0 aromatic rings. The third-order valence-corrected chi connectivity index (χ3v) is 0. The minimum absolute atomic E-state index is 0. The fourth-order valence-electron chi connectivity index (χ4n) is 0. The van der Waals surface area contributed by atoms with Crippen molar-refractivity contribution in [1.29, 1.82) is 0 Å². The standard InChI is InChI=1S/Cu.H3O4P.H2O/c;1-5(2,3)4;/h;(H3,1,2,3,4);1H2/q+1;;/p-1. The molecule has 0 heterocycles. The van der Waals surface area contributed by atoms with Gasteiger partial charge >= 0.3 is 24.9 Å². The zero-order valence-electron chi connectivity index (χ0n) is 2.95. The van der Waals surface area contributed by atoms with Crippen LogP contribution in [0.4, 0.5) is 0 Å². The van der Waals surface area contributed by atoms with Crippen molar-refractivity contribution >= 4 is 7.82 Å². The summed E-state index contributed by atoms with van der Waals surface area (Å²) in [5.41, 5.74) is 0. The Kier molecular flexibility index (Phi) is 10.6. The summed E-state index contributed by atoms with van der Waals surface area (Å²) in [5.74, 6) is 0. The van der Waals surface area contributed by atoms with Gasteiger partial charge in [0.2, 0.25) is 0 Å². The van der Waals surface area contributed by atoms with Gasteiger partial charge in [0.25, 0.3) is 0 Å². The smallest absolute Gasteiger partial charge is 0.870 e. The largest absolute Gasteiger partial charge is 1.00 e. The van der Waals surface area contributed by atoms with Crippen LogP contribution in [0.5, 0.6) is 0 Å². The van der Waals surface area contributed by atoms with E-state index >= 15 is 0 Å². The molecule has 0 bridgehead atoms. The average Bonchev–Trinajstić information content (AvgIpc) is 0.722. The predicted molar refractivity (Wildman–Crippen MR) is 16.2 cm³/mol. The molecule has 0 saturated heterocycles. The molecule has 0 aromatic carbocycles. The van der Waals surface area contributed by atoms with Gasteiger partial charge < -0.3 is 20.2 Å². The molecule has 0 unspecified atom stereocenters. The number of hydrogen-bond donors (Lipinski definition) is 3. The Bertz CT molecular complexity index is 54.2. The summed E-state index contributed by atoms with van der Waals surface area (Å²) in [6.07, 6.45) is 0. The maximum Gasteiger partial charge on any atom is 1.00 e. The Labute approximate surface area is 50.4 Å². The molecular formula is H4CuO5P. The monoisotopic (exact) mass is 178 g/mol. The quantitative estimate of drug-likeness (QED) is 0.322. The van der Waals surface area contributed by atoms with Crippen LogP contribution in [-0.4, -0.2) is 20.2 Å². The zero-order valence-corrected chi connectivity index (χ0v) is 4.78. The molecule has 0 radical (unpaired) electrons. The summed E-state index contributed by atoms with van der Waals surface area (Å²) in [5, 5.41) is 0. The molecule has 0 saturated carbocycles. The van der Waals surface area contributed by atoms with Crippen molar-refractivity contribution in [2.24, 2.45) is 0 Å². The van der Waals surface area contributed by atoms with E-state index in [0.717, 1.165) is 0 Å². The summed E-state index contributed by atoms with van der Waals surface area (Å²) in [6.45, 7) is 0. The van der Waals surface area contributed by atoms with Crippen LogP contribution in [0.3, 0.4) is 0 Å². The second-order valence-corrected chi connectivity index (χ2v) is 1.54. The van der Waals surface area contributed by atoms with E-state index in [9.17, 15) is 0 Å². The van der Waals surface area contributed by atoms with Gasteiger partial charge in [-0.25, -0.2) is 4.57 Å². The topological polar surface area (TPSA) is 108 Å². The van der Waals surface area contributed by atoms with Gasteiger partial charge in [0.05, 0.1) is 0 Å². The van der Waals surface area contributed by atoms with E-state index in [1.165, 1.54) is 0 Å². The van der Waals surface area contributed by atoms with Gasteiger partial charge in [-0.15, -0.1) is 0 Å². The molecule has 7 heteroatoms. The van der Waals surface area contributed by atoms with E-state index in [1.807, 2.05) is 0 Å². The molecule has 0 aliphatic rings. The Morgan fingerprint density at radius 1 is 1.14 bits per heavy atom. The second-order valence-electron chi connectivity index (χ2n) is 0.513. The summed E-state index contributed by atoms with van der Waals surface area (Å²) in [6, 6.07) is 0. The summed E-state index contributed by atoms with van der Waals surface area (Å²) >= 11 is 0. The van der Waals surface area contributed by atoms with Crippen LogP contribution in [0.1, 0.15) is 0 Å². The van der Waals surface area contributed by atoms with Gasteiger partial charge in [0.1, 0.15) is 0 Å². The van der Waals surface area contributed by atoms with E-state index in [4.69, 9.17) is 19.2 Å². The molecular weight excluding hydrogens is 175 g/mol. The SMILES string of the molecule is O=P(O)(O)O.[Cu+].[OH-]. The molecule has 0 rings (SSSR count). The van der Waals surface area contributed by atoms with Gasteiger partial charge in [-0.05, 0) is 0 Å².